The van der Waals surface area contributed by atoms with E-state index in [1.54, 1.807) is 12.1 Å². The summed E-state index contributed by atoms with van der Waals surface area (Å²) in [5, 5.41) is 4.57. The Hall–Kier alpha value is -3.48. The molecule has 4 rings (SSSR count). The fourth-order valence-corrected chi connectivity index (χ4v) is 3.72. The van der Waals surface area contributed by atoms with E-state index in [0.717, 1.165) is 17.8 Å². The lowest BCUT2D eigenvalue weighted by atomic mass is 10.2. The predicted octanol–water partition coefficient (Wildman–Crippen LogP) is 5.47. The Morgan fingerprint density at radius 1 is 0.875 bits per heavy atom. The fourth-order valence-electron chi connectivity index (χ4n) is 3.24. The van der Waals surface area contributed by atoms with E-state index >= 15 is 0 Å². The third kappa shape index (κ3) is 6.26. The second-order valence-electron chi connectivity index (χ2n) is 7.19. The molecular formula is C26H27N2O3S+. The zero-order valence-corrected chi connectivity index (χ0v) is 19.0. The van der Waals surface area contributed by atoms with Crippen molar-refractivity contribution in [3.63, 3.8) is 0 Å². The molecule has 3 aromatic carbocycles. The normalized spacial score (nSPS) is 11.2. The molecule has 0 saturated heterocycles. The SMILES string of the molecule is CC[n+]1c(/C=C/Nc2ccccc2)ccc2ccccc21.Cc1ccc(S(=O)(=O)O)cc1. The molecule has 0 aliphatic heterocycles. The second-order valence-corrected chi connectivity index (χ2v) is 8.61. The average Bonchev–Trinajstić information content (AvgIpc) is 2.80. The molecule has 0 amide bonds. The smallest absolute Gasteiger partial charge is 0.294 e. The number of pyridine rings is 1. The van der Waals surface area contributed by atoms with E-state index in [2.05, 4.69) is 71.4 Å². The van der Waals surface area contributed by atoms with Crippen molar-refractivity contribution in [3.8, 4) is 0 Å². The van der Waals surface area contributed by atoms with Gasteiger partial charge in [-0.3, -0.25) is 4.55 Å². The zero-order valence-electron chi connectivity index (χ0n) is 18.1. The highest BCUT2D eigenvalue weighted by molar-refractivity contribution is 7.85. The van der Waals surface area contributed by atoms with Gasteiger partial charge in [-0.15, -0.1) is 0 Å². The number of hydrogen-bond acceptors (Lipinski definition) is 3. The Kier molecular flexibility index (Phi) is 7.76. The molecule has 0 saturated carbocycles. The Morgan fingerprint density at radius 3 is 2.19 bits per heavy atom. The number of hydrogen-bond donors (Lipinski definition) is 2. The van der Waals surface area contributed by atoms with Gasteiger partial charge in [0.15, 0.2) is 0 Å². The minimum absolute atomic E-state index is 0.0666. The summed E-state index contributed by atoms with van der Waals surface area (Å²) in [6.45, 7) is 4.97. The van der Waals surface area contributed by atoms with Gasteiger partial charge in [-0.2, -0.15) is 13.0 Å². The average molecular weight is 448 g/mol. The Balaban J connectivity index is 0.000000222. The molecule has 0 radical (unpaired) electrons. The first-order valence-electron chi connectivity index (χ1n) is 10.3. The number of nitrogens with one attached hydrogen (secondary N) is 1. The summed E-state index contributed by atoms with van der Waals surface area (Å²) >= 11 is 0. The number of fused-ring (bicyclic) bond motifs is 1. The van der Waals surface area contributed by atoms with Crippen LogP contribution in [0.25, 0.3) is 17.0 Å². The monoisotopic (exact) mass is 447 g/mol. The number of rotatable bonds is 5. The van der Waals surface area contributed by atoms with Crippen LogP contribution in [-0.2, 0) is 16.7 Å². The third-order valence-electron chi connectivity index (χ3n) is 4.89. The van der Waals surface area contributed by atoms with Crippen molar-refractivity contribution in [1.29, 1.82) is 0 Å². The molecule has 0 atom stereocenters. The van der Waals surface area contributed by atoms with Crippen LogP contribution in [0.4, 0.5) is 5.69 Å². The first-order chi connectivity index (χ1) is 15.4. The summed E-state index contributed by atoms with van der Waals surface area (Å²) in [6.07, 6.45) is 4.11. The van der Waals surface area contributed by atoms with E-state index in [9.17, 15) is 8.42 Å². The summed E-state index contributed by atoms with van der Waals surface area (Å²) in [7, 11) is -4.02. The molecule has 0 aliphatic carbocycles. The van der Waals surface area contributed by atoms with Crippen LogP contribution < -0.4 is 9.88 Å². The van der Waals surface area contributed by atoms with Crippen molar-refractivity contribution in [2.45, 2.75) is 25.3 Å². The fraction of sp³-hybridized carbons (Fsp3) is 0.115. The highest BCUT2D eigenvalue weighted by atomic mass is 32.2. The summed E-state index contributed by atoms with van der Waals surface area (Å²) < 4.78 is 31.9. The Bertz CT molecular complexity index is 1300. The van der Waals surface area contributed by atoms with Crippen LogP contribution in [0.1, 0.15) is 18.2 Å². The van der Waals surface area contributed by atoms with Crippen molar-refractivity contribution in [2.24, 2.45) is 0 Å². The van der Waals surface area contributed by atoms with Crippen molar-refractivity contribution in [1.82, 2.24) is 0 Å². The number of benzene rings is 3. The maximum absolute atomic E-state index is 10.5. The van der Waals surface area contributed by atoms with Gasteiger partial charge >= 0.3 is 0 Å². The highest BCUT2D eigenvalue weighted by Gasteiger charge is 2.10. The first-order valence-corrected chi connectivity index (χ1v) is 11.8. The van der Waals surface area contributed by atoms with Gasteiger partial charge < -0.3 is 5.32 Å². The van der Waals surface area contributed by atoms with Gasteiger partial charge in [0.2, 0.25) is 11.2 Å². The lowest BCUT2D eigenvalue weighted by Gasteiger charge is -2.03. The predicted molar refractivity (Wildman–Crippen MR) is 130 cm³/mol. The molecule has 4 aromatic rings. The molecule has 1 heterocycles. The van der Waals surface area contributed by atoms with E-state index < -0.39 is 10.1 Å². The maximum atomic E-state index is 10.5. The first kappa shape index (κ1) is 23.2. The number of aryl methyl sites for hydroxylation is 2. The van der Waals surface area contributed by atoms with Crippen LogP contribution in [0, 0.1) is 6.92 Å². The molecule has 2 N–H and O–H groups in total. The Morgan fingerprint density at radius 2 is 1.53 bits per heavy atom. The van der Waals surface area contributed by atoms with Crippen molar-refractivity contribution in [2.75, 3.05) is 5.32 Å². The topological polar surface area (TPSA) is 70.3 Å². The molecule has 0 unspecified atom stereocenters. The molecule has 32 heavy (non-hydrogen) atoms. The van der Waals surface area contributed by atoms with Gasteiger partial charge in [-0.05, 0) is 50.2 Å². The van der Waals surface area contributed by atoms with E-state index in [1.807, 2.05) is 31.3 Å². The van der Waals surface area contributed by atoms with E-state index in [0.29, 0.717) is 0 Å². The third-order valence-corrected chi connectivity index (χ3v) is 5.75. The lowest BCUT2D eigenvalue weighted by molar-refractivity contribution is -0.669. The van der Waals surface area contributed by atoms with Gasteiger partial charge in [-0.1, -0.05) is 48.0 Å². The van der Waals surface area contributed by atoms with Gasteiger partial charge in [0.05, 0.1) is 4.90 Å². The summed E-state index contributed by atoms with van der Waals surface area (Å²) in [5.74, 6) is 0. The van der Waals surface area contributed by atoms with Crippen LogP contribution in [-0.4, -0.2) is 13.0 Å². The van der Waals surface area contributed by atoms with Gasteiger partial charge in [0.25, 0.3) is 10.1 Å². The highest BCUT2D eigenvalue weighted by Crippen LogP contribution is 2.12. The summed E-state index contributed by atoms with van der Waals surface area (Å²) in [4.78, 5) is -0.0666. The molecular weight excluding hydrogens is 420 g/mol. The zero-order chi connectivity index (χ0) is 23.0. The molecule has 1 aromatic heterocycles. The number of nitrogens with zero attached hydrogens (tertiary/aromatic N) is 1. The molecule has 0 spiro atoms. The minimum atomic E-state index is -4.02. The van der Waals surface area contributed by atoms with Crippen LogP contribution >= 0.6 is 0 Å². The summed E-state index contributed by atoms with van der Waals surface area (Å²) in [6, 6.07) is 29.0. The van der Waals surface area contributed by atoms with Gasteiger partial charge in [-0.25, -0.2) is 0 Å². The van der Waals surface area contributed by atoms with Crippen LogP contribution in [0.5, 0.6) is 0 Å². The number of para-hydroxylation sites is 2. The number of aromatic nitrogens is 1. The Labute approximate surface area is 189 Å². The second kappa shape index (κ2) is 10.7. The van der Waals surface area contributed by atoms with E-state index in [1.165, 1.54) is 28.7 Å². The van der Waals surface area contributed by atoms with Gasteiger partial charge in [0.1, 0.15) is 6.54 Å². The van der Waals surface area contributed by atoms with Crippen molar-refractivity contribution < 1.29 is 17.5 Å². The van der Waals surface area contributed by atoms with Crippen LogP contribution in [0.3, 0.4) is 0 Å². The summed E-state index contributed by atoms with van der Waals surface area (Å²) in [5.41, 5.74) is 4.51. The molecule has 0 aliphatic rings. The lowest BCUT2D eigenvalue weighted by Crippen LogP contribution is -2.36. The largest absolute Gasteiger partial charge is 0.361 e. The van der Waals surface area contributed by atoms with Crippen molar-refractivity contribution in [3.05, 3.63) is 108 Å². The van der Waals surface area contributed by atoms with Crippen LogP contribution in [0.15, 0.2) is 102 Å². The molecule has 6 heteroatoms. The molecule has 164 valence electrons. The van der Waals surface area contributed by atoms with Crippen molar-refractivity contribution >= 4 is 32.8 Å². The number of anilines is 1. The van der Waals surface area contributed by atoms with E-state index in [-0.39, 0.29) is 4.90 Å². The molecule has 0 bridgehead atoms. The molecule has 5 nitrogen and oxygen atoms in total. The van der Waals surface area contributed by atoms with Crippen LogP contribution in [0.2, 0.25) is 0 Å². The minimum Gasteiger partial charge on any atom is -0.361 e. The standard InChI is InChI=1S/C19H18N2.C7H8O3S/c1-2-21-18(13-12-16-8-6-7-11-19(16)21)14-15-20-17-9-4-3-5-10-17;1-6-2-4-7(5-3-6)11(8,9)10/h3-15H,2H2,1H3;2-5H,1H3,(H,8,9,10)/p+1. The molecule has 0 fully saturated rings. The van der Waals surface area contributed by atoms with Gasteiger partial charge in [0, 0.05) is 35.5 Å². The van der Waals surface area contributed by atoms with E-state index in [4.69, 9.17) is 4.55 Å². The maximum Gasteiger partial charge on any atom is 0.294 e. The quantitative estimate of drug-likeness (QED) is 0.314.